The van der Waals surface area contributed by atoms with Gasteiger partial charge in [-0.25, -0.2) is 0 Å². The molecule has 1 N–H and O–H groups in total. The zero-order chi connectivity index (χ0) is 12.1. The molecule has 88 valence electrons. The van der Waals surface area contributed by atoms with Crippen molar-refractivity contribution in [2.24, 2.45) is 0 Å². The fraction of sp³-hybridized carbons (Fsp3) is 0.250. The second-order valence-electron chi connectivity index (χ2n) is 3.66. The summed E-state index contributed by atoms with van der Waals surface area (Å²) in [6.45, 7) is 1.86. The Balaban J connectivity index is 1.82. The number of nitrogens with one attached hydrogen (secondary N) is 1. The first-order chi connectivity index (χ1) is 8.24. The largest absolute Gasteiger partial charge is 0.301 e. The summed E-state index contributed by atoms with van der Waals surface area (Å²) in [5, 5.41) is 11.8. The van der Waals surface area contributed by atoms with E-state index >= 15 is 0 Å². The number of aryl methyl sites for hydroxylation is 2. The van der Waals surface area contributed by atoms with Gasteiger partial charge in [-0.15, -0.1) is 10.2 Å². The number of carbonyl (C=O) groups is 1. The zero-order valence-corrected chi connectivity index (χ0v) is 10.3. The molecular weight excluding hydrogens is 234 g/mol. The lowest BCUT2D eigenvalue weighted by molar-refractivity contribution is -0.116. The van der Waals surface area contributed by atoms with Crippen LogP contribution in [0.5, 0.6) is 0 Å². The molecule has 0 aliphatic heterocycles. The number of aromatic nitrogens is 2. The third kappa shape index (κ3) is 3.64. The third-order valence-electron chi connectivity index (χ3n) is 2.26. The highest BCUT2D eigenvalue weighted by molar-refractivity contribution is 7.15. The van der Waals surface area contributed by atoms with Crippen molar-refractivity contribution in [1.29, 1.82) is 0 Å². The van der Waals surface area contributed by atoms with E-state index in [0.29, 0.717) is 11.6 Å². The summed E-state index contributed by atoms with van der Waals surface area (Å²) < 4.78 is 0. The second kappa shape index (κ2) is 5.54. The molecule has 0 bridgehead atoms. The number of amides is 1. The van der Waals surface area contributed by atoms with E-state index in [1.165, 1.54) is 11.3 Å². The molecule has 0 aliphatic carbocycles. The molecule has 5 heteroatoms. The smallest absolute Gasteiger partial charge is 0.226 e. The lowest BCUT2D eigenvalue weighted by Crippen LogP contribution is -2.12. The summed E-state index contributed by atoms with van der Waals surface area (Å²) in [6, 6.07) is 9.95. The normalized spacial score (nSPS) is 10.2. The van der Waals surface area contributed by atoms with E-state index in [4.69, 9.17) is 0 Å². The summed E-state index contributed by atoms with van der Waals surface area (Å²) in [4.78, 5) is 11.6. The lowest BCUT2D eigenvalue weighted by Gasteiger charge is -2.01. The Morgan fingerprint density at radius 1 is 1.29 bits per heavy atom. The third-order valence-corrected chi connectivity index (χ3v) is 3.01. The Labute approximate surface area is 104 Å². The Morgan fingerprint density at radius 3 is 2.71 bits per heavy atom. The monoisotopic (exact) mass is 247 g/mol. The quantitative estimate of drug-likeness (QED) is 0.902. The maximum absolute atomic E-state index is 11.6. The van der Waals surface area contributed by atoms with Crippen molar-refractivity contribution in [2.45, 2.75) is 19.8 Å². The Morgan fingerprint density at radius 2 is 2.06 bits per heavy atom. The van der Waals surface area contributed by atoms with Crippen LogP contribution in [0, 0.1) is 6.92 Å². The van der Waals surface area contributed by atoms with Crippen molar-refractivity contribution in [1.82, 2.24) is 10.2 Å². The number of benzene rings is 1. The highest BCUT2D eigenvalue weighted by Gasteiger charge is 2.06. The topological polar surface area (TPSA) is 54.9 Å². The summed E-state index contributed by atoms with van der Waals surface area (Å²) in [7, 11) is 0. The van der Waals surface area contributed by atoms with Gasteiger partial charge in [-0.1, -0.05) is 41.7 Å². The van der Waals surface area contributed by atoms with E-state index in [9.17, 15) is 4.79 Å². The van der Waals surface area contributed by atoms with Crippen LogP contribution in [-0.2, 0) is 11.2 Å². The van der Waals surface area contributed by atoms with Crippen LogP contribution in [0.25, 0.3) is 0 Å². The van der Waals surface area contributed by atoms with Crippen molar-refractivity contribution >= 4 is 22.4 Å². The van der Waals surface area contributed by atoms with Crippen LogP contribution in [0.2, 0.25) is 0 Å². The molecule has 0 saturated carbocycles. The molecule has 4 nitrogen and oxygen atoms in total. The maximum atomic E-state index is 11.6. The van der Waals surface area contributed by atoms with Gasteiger partial charge in [-0.05, 0) is 18.9 Å². The molecule has 2 aromatic rings. The van der Waals surface area contributed by atoms with Crippen molar-refractivity contribution in [3.63, 3.8) is 0 Å². The van der Waals surface area contributed by atoms with Crippen LogP contribution >= 0.6 is 11.3 Å². The highest BCUT2D eigenvalue weighted by Crippen LogP contribution is 2.14. The van der Waals surface area contributed by atoms with Crippen LogP contribution in [0.1, 0.15) is 17.0 Å². The van der Waals surface area contributed by atoms with Crippen LogP contribution in [-0.4, -0.2) is 16.1 Å². The molecule has 0 spiro atoms. The Hall–Kier alpha value is -1.75. The summed E-state index contributed by atoms with van der Waals surface area (Å²) in [6.07, 6.45) is 1.20. The molecular formula is C12H13N3OS. The number of carbonyl (C=O) groups excluding carboxylic acids is 1. The summed E-state index contributed by atoms with van der Waals surface area (Å²) in [5.74, 6) is -0.0231. The molecule has 1 aromatic heterocycles. The molecule has 0 atom stereocenters. The van der Waals surface area contributed by atoms with Gasteiger partial charge in [0.1, 0.15) is 5.01 Å². The molecule has 0 saturated heterocycles. The van der Waals surface area contributed by atoms with E-state index in [0.717, 1.165) is 17.0 Å². The molecule has 2 rings (SSSR count). The van der Waals surface area contributed by atoms with Crippen molar-refractivity contribution in [2.75, 3.05) is 5.32 Å². The van der Waals surface area contributed by atoms with Gasteiger partial charge in [0, 0.05) is 6.42 Å². The van der Waals surface area contributed by atoms with Crippen molar-refractivity contribution in [3.05, 3.63) is 40.9 Å². The fourth-order valence-electron chi connectivity index (χ4n) is 1.43. The first kappa shape index (κ1) is 11.7. The average molecular weight is 247 g/mol. The standard InChI is InChI=1S/C12H13N3OS/c1-9-14-15-12(17-9)13-11(16)8-7-10-5-3-2-4-6-10/h2-6H,7-8H2,1H3,(H,13,15,16). The van der Waals surface area contributed by atoms with Crippen LogP contribution in [0.15, 0.2) is 30.3 Å². The van der Waals surface area contributed by atoms with Gasteiger partial charge in [0.15, 0.2) is 0 Å². The van der Waals surface area contributed by atoms with Gasteiger partial charge in [0.2, 0.25) is 11.0 Å². The number of hydrogen-bond donors (Lipinski definition) is 1. The summed E-state index contributed by atoms with van der Waals surface area (Å²) in [5.41, 5.74) is 1.16. The number of rotatable bonds is 4. The van der Waals surface area contributed by atoms with Crippen LogP contribution in [0.4, 0.5) is 5.13 Å². The SMILES string of the molecule is Cc1nnc(NC(=O)CCc2ccccc2)s1. The zero-order valence-electron chi connectivity index (χ0n) is 9.51. The molecule has 1 amide bonds. The van der Waals surface area contributed by atoms with Crippen molar-refractivity contribution in [3.8, 4) is 0 Å². The lowest BCUT2D eigenvalue weighted by atomic mass is 10.1. The predicted octanol–water partition coefficient (Wildman–Crippen LogP) is 2.42. The Kier molecular flexibility index (Phi) is 3.82. The number of anilines is 1. The molecule has 0 radical (unpaired) electrons. The van der Waals surface area contributed by atoms with Gasteiger partial charge < -0.3 is 5.32 Å². The van der Waals surface area contributed by atoms with Crippen LogP contribution in [0.3, 0.4) is 0 Å². The van der Waals surface area contributed by atoms with Crippen LogP contribution < -0.4 is 5.32 Å². The minimum absolute atomic E-state index is 0.0231. The minimum Gasteiger partial charge on any atom is -0.301 e. The number of hydrogen-bond acceptors (Lipinski definition) is 4. The molecule has 0 unspecified atom stereocenters. The molecule has 0 aliphatic rings. The molecule has 1 aromatic carbocycles. The van der Waals surface area contributed by atoms with E-state index in [-0.39, 0.29) is 5.91 Å². The molecule has 1 heterocycles. The van der Waals surface area contributed by atoms with E-state index in [2.05, 4.69) is 15.5 Å². The fourth-order valence-corrected chi connectivity index (χ4v) is 2.04. The van der Waals surface area contributed by atoms with Gasteiger partial charge >= 0.3 is 0 Å². The Bertz CT molecular complexity index is 495. The molecule has 17 heavy (non-hydrogen) atoms. The first-order valence-corrected chi connectivity index (χ1v) is 6.19. The van der Waals surface area contributed by atoms with Gasteiger partial charge in [0.25, 0.3) is 0 Å². The van der Waals surface area contributed by atoms with E-state index in [1.54, 1.807) is 0 Å². The minimum atomic E-state index is -0.0231. The van der Waals surface area contributed by atoms with Gasteiger partial charge in [-0.2, -0.15) is 0 Å². The van der Waals surface area contributed by atoms with Crippen molar-refractivity contribution < 1.29 is 4.79 Å². The molecule has 0 fully saturated rings. The van der Waals surface area contributed by atoms with Gasteiger partial charge in [-0.3, -0.25) is 4.79 Å². The maximum Gasteiger partial charge on any atom is 0.226 e. The first-order valence-electron chi connectivity index (χ1n) is 5.38. The average Bonchev–Trinajstić information content (AvgIpc) is 2.73. The highest BCUT2D eigenvalue weighted by atomic mass is 32.1. The van der Waals surface area contributed by atoms with E-state index < -0.39 is 0 Å². The van der Waals surface area contributed by atoms with Gasteiger partial charge in [0.05, 0.1) is 0 Å². The number of nitrogens with zero attached hydrogens (tertiary/aromatic N) is 2. The summed E-state index contributed by atoms with van der Waals surface area (Å²) >= 11 is 1.38. The predicted molar refractivity (Wildman–Crippen MR) is 68.0 cm³/mol. The van der Waals surface area contributed by atoms with E-state index in [1.807, 2.05) is 37.3 Å². The second-order valence-corrected chi connectivity index (χ2v) is 4.84.